The first-order valence-electron chi connectivity index (χ1n) is 9.40. The minimum atomic E-state index is -0.307. The van der Waals surface area contributed by atoms with Crippen LogP contribution in [0.15, 0.2) is 104 Å². The van der Waals surface area contributed by atoms with Gasteiger partial charge in [-0.25, -0.2) is 5.43 Å². The van der Waals surface area contributed by atoms with Gasteiger partial charge in [-0.05, 0) is 48.0 Å². The summed E-state index contributed by atoms with van der Waals surface area (Å²) in [4.78, 5) is 14.6. The zero-order valence-electron chi connectivity index (χ0n) is 17.1. The quantitative estimate of drug-likeness (QED) is 0.200. The van der Waals surface area contributed by atoms with E-state index in [1.807, 2.05) is 66.7 Å². The Bertz CT molecular complexity index is 1010. The van der Waals surface area contributed by atoms with Crippen molar-refractivity contribution in [2.24, 2.45) is 5.10 Å². The molecule has 3 aromatic carbocycles. The lowest BCUT2D eigenvalue weighted by molar-refractivity contribution is -0.116. The summed E-state index contributed by atoms with van der Waals surface area (Å²) in [6.07, 6.45) is 3.11. The zero-order chi connectivity index (χ0) is 21.9. The molecule has 5 nitrogen and oxygen atoms in total. The standard InChI is InChI=1S/C24H22N2O3S2/c1-28-21-14-13-18(15-22(21)29-2)17-25-26-23(27)16-24(30-19-9-5-3-6-10-19)31-20-11-7-4-8-12-20/h3-17H,1-2H3,(H,26,27)/b25-17+. The molecule has 7 heteroatoms. The molecule has 31 heavy (non-hydrogen) atoms. The van der Waals surface area contributed by atoms with Crippen molar-refractivity contribution in [3.63, 3.8) is 0 Å². The van der Waals surface area contributed by atoms with Gasteiger partial charge in [0.25, 0.3) is 5.91 Å². The number of amides is 1. The minimum Gasteiger partial charge on any atom is -0.493 e. The molecule has 0 aromatic heterocycles. The van der Waals surface area contributed by atoms with E-state index in [1.54, 1.807) is 38.6 Å². The third-order valence-corrected chi connectivity index (χ3v) is 6.12. The molecule has 0 heterocycles. The number of rotatable bonds is 9. The molecule has 0 saturated heterocycles. The monoisotopic (exact) mass is 450 g/mol. The van der Waals surface area contributed by atoms with Crippen LogP contribution in [-0.2, 0) is 4.79 Å². The minimum absolute atomic E-state index is 0.307. The second-order valence-corrected chi connectivity index (χ2v) is 8.63. The summed E-state index contributed by atoms with van der Waals surface area (Å²) >= 11 is 3.06. The van der Waals surface area contributed by atoms with Gasteiger partial charge in [-0.1, -0.05) is 59.9 Å². The van der Waals surface area contributed by atoms with Crippen molar-refractivity contribution >= 4 is 35.6 Å². The van der Waals surface area contributed by atoms with Crippen LogP contribution in [0.1, 0.15) is 5.56 Å². The summed E-state index contributed by atoms with van der Waals surface area (Å²) in [6.45, 7) is 0. The Morgan fingerprint density at radius 3 is 1.97 bits per heavy atom. The number of thioether (sulfide) groups is 2. The normalized spacial score (nSPS) is 10.5. The molecule has 0 aliphatic heterocycles. The van der Waals surface area contributed by atoms with Crippen molar-refractivity contribution in [2.45, 2.75) is 9.79 Å². The molecule has 1 N–H and O–H groups in total. The molecule has 158 valence electrons. The number of nitrogens with one attached hydrogen (secondary N) is 1. The first-order valence-corrected chi connectivity index (χ1v) is 11.0. The highest BCUT2D eigenvalue weighted by atomic mass is 32.2. The van der Waals surface area contributed by atoms with Gasteiger partial charge in [0.15, 0.2) is 11.5 Å². The largest absolute Gasteiger partial charge is 0.493 e. The molecule has 0 saturated carbocycles. The van der Waals surface area contributed by atoms with Crippen molar-refractivity contribution in [2.75, 3.05) is 14.2 Å². The average molecular weight is 451 g/mol. The molecule has 3 aromatic rings. The molecular weight excluding hydrogens is 428 g/mol. The Balaban J connectivity index is 1.70. The number of hydrazone groups is 1. The third-order valence-electron chi connectivity index (χ3n) is 3.97. The smallest absolute Gasteiger partial charge is 0.265 e. The highest BCUT2D eigenvalue weighted by Gasteiger charge is 2.07. The number of nitrogens with zero attached hydrogens (tertiary/aromatic N) is 1. The van der Waals surface area contributed by atoms with E-state index in [4.69, 9.17) is 9.47 Å². The van der Waals surface area contributed by atoms with E-state index >= 15 is 0 Å². The second kappa shape index (κ2) is 11.9. The Hall–Kier alpha value is -3.16. The number of carbonyl (C=O) groups excluding carboxylic acids is 1. The summed E-state index contributed by atoms with van der Waals surface area (Å²) in [5.41, 5.74) is 3.33. The van der Waals surface area contributed by atoms with Crippen LogP contribution in [0.5, 0.6) is 11.5 Å². The van der Waals surface area contributed by atoms with Crippen LogP contribution in [0.25, 0.3) is 0 Å². The molecular formula is C24H22N2O3S2. The van der Waals surface area contributed by atoms with Gasteiger partial charge in [0.1, 0.15) is 0 Å². The fourth-order valence-corrected chi connectivity index (χ4v) is 4.66. The van der Waals surface area contributed by atoms with Gasteiger partial charge >= 0.3 is 0 Å². The number of carbonyl (C=O) groups is 1. The maximum absolute atomic E-state index is 12.5. The van der Waals surface area contributed by atoms with Crippen molar-refractivity contribution < 1.29 is 14.3 Å². The summed E-state index contributed by atoms with van der Waals surface area (Å²) in [7, 11) is 3.15. The Labute approximate surface area is 190 Å². The second-order valence-electron chi connectivity index (χ2n) is 6.14. The maximum atomic E-state index is 12.5. The molecule has 0 atom stereocenters. The lowest BCUT2D eigenvalue weighted by atomic mass is 10.2. The molecule has 0 spiro atoms. The molecule has 0 fully saturated rings. The van der Waals surface area contributed by atoms with Crippen molar-refractivity contribution in [3.05, 3.63) is 94.7 Å². The first-order chi connectivity index (χ1) is 15.2. The van der Waals surface area contributed by atoms with Crippen molar-refractivity contribution in [1.82, 2.24) is 5.43 Å². The predicted octanol–water partition coefficient (Wildman–Crippen LogP) is 5.58. The van der Waals surface area contributed by atoms with Crippen LogP contribution in [0.3, 0.4) is 0 Å². The molecule has 1 amide bonds. The van der Waals surface area contributed by atoms with E-state index < -0.39 is 0 Å². The fourth-order valence-electron chi connectivity index (χ4n) is 2.53. The lowest BCUT2D eigenvalue weighted by Crippen LogP contribution is -2.14. The van der Waals surface area contributed by atoms with Gasteiger partial charge in [0.2, 0.25) is 0 Å². The topological polar surface area (TPSA) is 59.9 Å². The molecule has 0 aliphatic rings. The van der Waals surface area contributed by atoms with Crippen LogP contribution in [0.4, 0.5) is 0 Å². The van der Waals surface area contributed by atoms with E-state index in [9.17, 15) is 4.79 Å². The highest BCUT2D eigenvalue weighted by molar-refractivity contribution is 8.22. The van der Waals surface area contributed by atoms with Gasteiger partial charge in [-0.3, -0.25) is 4.79 Å². The molecule has 0 radical (unpaired) electrons. The molecule has 0 unspecified atom stereocenters. The van der Waals surface area contributed by atoms with E-state index in [2.05, 4.69) is 10.5 Å². The molecule has 3 rings (SSSR count). The van der Waals surface area contributed by atoms with Crippen molar-refractivity contribution in [1.29, 1.82) is 0 Å². The van der Waals surface area contributed by atoms with Gasteiger partial charge in [0, 0.05) is 15.9 Å². The predicted molar refractivity (Wildman–Crippen MR) is 128 cm³/mol. The summed E-state index contributed by atoms with van der Waals surface area (Å²) in [5, 5.41) is 4.06. The van der Waals surface area contributed by atoms with Crippen LogP contribution in [-0.4, -0.2) is 26.3 Å². The van der Waals surface area contributed by atoms with Crippen LogP contribution < -0.4 is 14.9 Å². The molecule has 0 bridgehead atoms. The maximum Gasteiger partial charge on any atom is 0.265 e. The summed E-state index contributed by atoms with van der Waals surface area (Å²) in [6, 6.07) is 25.3. The summed E-state index contributed by atoms with van der Waals surface area (Å²) < 4.78 is 11.3. The Kier molecular flexibility index (Phi) is 8.63. The van der Waals surface area contributed by atoms with Crippen LogP contribution in [0, 0.1) is 0 Å². The van der Waals surface area contributed by atoms with E-state index in [1.165, 1.54) is 23.5 Å². The number of hydrogen-bond acceptors (Lipinski definition) is 6. The Morgan fingerprint density at radius 2 is 1.42 bits per heavy atom. The first kappa shape index (κ1) is 22.5. The van der Waals surface area contributed by atoms with Crippen molar-refractivity contribution in [3.8, 4) is 11.5 Å². The highest BCUT2D eigenvalue weighted by Crippen LogP contribution is 2.38. The van der Waals surface area contributed by atoms with Crippen LogP contribution in [0.2, 0.25) is 0 Å². The van der Waals surface area contributed by atoms with Gasteiger partial charge in [-0.15, -0.1) is 0 Å². The number of ether oxygens (including phenoxy) is 2. The average Bonchev–Trinajstić information content (AvgIpc) is 2.80. The van der Waals surface area contributed by atoms with E-state index in [0.29, 0.717) is 11.5 Å². The SMILES string of the molecule is COc1ccc(/C=N/NC(=O)C=C(Sc2ccccc2)Sc2ccccc2)cc1OC. The third kappa shape index (κ3) is 7.24. The summed E-state index contributed by atoms with van der Waals surface area (Å²) in [5.74, 6) is 0.921. The Morgan fingerprint density at radius 1 is 0.839 bits per heavy atom. The number of methoxy groups -OCH3 is 2. The van der Waals surface area contributed by atoms with Gasteiger partial charge in [-0.2, -0.15) is 5.10 Å². The van der Waals surface area contributed by atoms with Crippen LogP contribution >= 0.6 is 23.5 Å². The number of benzene rings is 3. The number of hydrogen-bond donors (Lipinski definition) is 1. The molecule has 0 aliphatic carbocycles. The van der Waals surface area contributed by atoms with E-state index in [-0.39, 0.29) is 5.91 Å². The zero-order valence-corrected chi connectivity index (χ0v) is 18.8. The fraction of sp³-hybridized carbons (Fsp3) is 0.0833. The van der Waals surface area contributed by atoms with Gasteiger partial charge in [0.05, 0.1) is 24.7 Å². The lowest BCUT2D eigenvalue weighted by Gasteiger charge is -2.08. The van der Waals surface area contributed by atoms with E-state index in [0.717, 1.165) is 19.6 Å². The van der Waals surface area contributed by atoms with Gasteiger partial charge < -0.3 is 9.47 Å².